The number of halogens is 2. The van der Waals surface area contributed by atoms with E-state index in [1.54, 1.807) is 12.1 Å². The molecule has 94 valence electrons. The number of anilines is 1. The first-order valence-corrected chi connectivity index (χ1v) is 5.88. The van der Waals surface area contributed by atoms with E-state index in [0.717, 1.165) is 11.1 Å². The van der Waals surface area contributed by atoms with E-state index >= 15 is 0 Å². The molecule has 0 aromatic heterocycles. The molecule has 0 bridgehead atoms. The summed E-state index contributed by atoms with van der Waals surface area (Å²) in [5.41, 5.74) is 8.36. The van der Waals surface area contributed by atoms with Gasteiger partial charge in [0.05, 0.1) is 5.02 Å². The highest BCUT2D eigenvalue weighted by Gasteiger charge is 2.08. The van der Waals surface area contributed by atoms with Gasteiger partial charge in [-0.3, -0.25) is 0 Å². The number of benzene rings is 2. The largest absolute Gasteiger partial charge is 0.486 e. The minimum Gasteiger partial charge on any atom is -0.486 e. The number of ether oxygens (including phenoxy) is 1. The molecule has 0 amide bonds. The first-order valence-electron chi connectivity index (χ1n) is 5.50. The molecule has 0 radical (unpaired) electrons. The molecule has 2 N–H and O–H groups in total. The Morgan fingerprint density at radius 1 is 1.22 bits per heavy atom. The number of hydrogen-bond donors (Lipinski definition) is 1. The van der Waals surface area contributed by atoms with E-state index < -0.39 is 5.82 Å². The topological polar surface area (TPSA) is 35.2 Å². The van der Waals surface area contributed by atoms with Crippen LogP contribution in [0.25, 0.3) is 0 Å². The van der Waals surface area contributed by atoms with Gasteiger partial charge in [0.25, 0.3) is 0 Å². The lowest BCUT2D eigenvalue weighted by Gasteiger charge is -2.11. The van der Waals surface area contributed by atoms with Crippen molar-refractivity contribution >= 4 is 17.3 Å². The van der Waals surface area contributed by atoms with Gasteiger partial charge in [0, 0.05) is 5.69 Å². The Labute approximate surface area is 110 Å². The fraction of sp³-hybridized carbons (Fsp3) is 0.143. The molecule has 2 rings (SSSR count). The van der Waals surface area contributed by atoms with E-state index in [1.165, 1.54) is 6.07 Å². The summed E-state index contributed by atoms with van der Waals surface area (Å²) in [6.45, 7) is 2.16. The summed E-state index contributed by atoms with van der Waals surface area (Å²) in [5, 5.41) is 0.0526. The molecule has 2 nitrogen and oxygen atoms in total. The second-order valence-electron chi connectivity index (χ2n) is 3.97. The van der Waals surface area contributed by atoms with Gasteiger partial charge in [-0.15, -0.1) is 0 Å². The van der Waals surface area contributed by atoms with Crippen molar-refractivity contribution in [1.82, 2.24) is 0 Å². The summed E-state index contributed by atoms with van der Waals surface area (Å²) in [7, 11) is 0. The first-order chi connectivity index (χ1) is 8.59. The van der Waals surface area contributed by atoms with Crippen LogP contribution in [0.4, 0.5) is 10.1 Å². The maximum Gasteiger partial charge on any atom is 0.183 e. The maximum absolute atomic E-state index is 13.6. The normalized spacial score (nSPS) is 10.4. The van der Waals surface area contributed by atoms with Crippen molar-refractivity contribution in [2.24, 2.45) is 0 Å². The zero-order chi connectivity index (χ0) is 13.1. The maximum atomic E-state index is 13.6. The number of nitrogens with two attached hydrogens (primary N) is 1. The lowest BCUT2D eigenvalue weighted by Crippen LogP contribution is -2.01. The molecule has 0 aliphatic heterocycles. The third kappa shape index (κ3) is 2.57. The lowest BCUT2D eigenvalue weighted by molar-refractivity contribution is 0.290. The summed E-state index contributed by atoms with van der Waals surface area (Å²) < 4.78 is 19.0. The van der Waals surface area contributed by atoms with E-state index in [2.05, 4.69) is 0 Å². The van der Waals surface area contributed by atoms with Crippen molar-refractivity contribution < 1.29 is 9.13 Å². The van der Waals surface area contributed by atoms with Crippen molar-refractivity contribution in [3.63, 3.8) is 0 Å². The fourth-order valence-corrected chi connectivity index (χ4v) is 1.78. The van der Waals surface area contributed by atoms with E-state index in [0.29, 0.717) is 5.69 Å². The Balaban J connectivity index is 2.17. The van der Waals surface area contributed by atoms with E-state index in [4.69, 9.17) is 22.1 Å². The molecule has 2 aromatic rings. The van der Waals surface area contributed by atoms with Crippen LogP contribution in [0.2, 0.25) is 5.02 Å². The highest BCUT2D eigenvalue weighted by molar-refractivity contribution is 6.30. The van der Waals surface area contributed by atoms with Gasteiger partial charge >= 0.3 is 0 Å². The molecule has 0 atom stereocenters. The highest BCUT2D eigenvalue weighted by Crippen LogP contribution is 2.25. The third-order valence-corrected chi connectivity index (χ3v) is 3.08. The van der Waals surface area contributed by atoms with Crippen LogP contribution >= 0.6 is 11.6 Å². The van der Waals surface area contributed by atoms with Gasteiger partial charge in [0.15, 0.2) is 11.6 Å². The molecule has 0 aliphatic carbocycles. The second-order valence-corrected chi connectivity index (χ2v) is 4.38. The minimum atomic E-state index is -0.541. The fourth-order valence-electron chi connectivity index (χ4n) is 1.61. The number of rotatable bonds is 3. The minimum absolute atomic E-state index is 0.0526. The predicted octanol–water partition coefficient (Wildman–Crippen LogP) is 3.95. The van der Waals surface area contributed by atoms with Gasteiger partial charge in [0.2, 0.25) is 0 Å². The molecule has 0 heterocycles. The molecule has 0 saturated heterocycles. The summed E-state index contributed by atoms with van der Waals surface area (Å²) in [6, 6.07) is 10.2. The Bertz CT molecular complexity index is 520. The van der Waals surface area contributed by atoms with Crippen molar-refractivity contribution in [1.29, 1.82) is 0 Å². The Kier molecular flexibility index (Phi) is 3.72. The van der Waals surface area contributed by atoms with Crippen LogP contribution in [-0.2, 0) is 6.61 Å². The van der Waals surface area contributed by atoms with Gasteiger partial charge in [-0.2, -0.15) is 0 Å². The smallest absolute Gasteiger partial charge is 0.183 e. The molecule has 0 spiro atoms. The molecule has 2 aromatic carbocycles. The zero-order valence-corrected chi connectivity index (χ0v) is 10.7. The monoisotopic (exact) mass is 265 g/mol. The summed E-state index contributed by atoms with van der Waals surface area (Å²) in [4.78, 5) is 0. The quantitative estimate of drug-likeness (QED) is 0.853. The van der Waals surface area contributed by atoms with Crippen LogP contribution in [0.1, 0.15) is 11.1 Å². The number of hydrogen-bond acceptors (Lipinski definition) is 2. The SMILES string of the molecule is Cc1c(N)cccc1COc1cccc(Cl)c1F. The lowest BCUT2D eigenvalue weighted by atomic mass is 10.1. The van der Waals surface area contributed by atoms with E-state index in [9.17, 15) is 4.39 Å². The van der Waals surface area contributed by atoms with Gasteiger partial charge in [-0.1, -0.05) is 29.8 Å². The van der Waals surface area contributed by atoms with Crippen LogP contribution in [0.5, 0.6) is 5.75 Å². The van der Waals surface area contributed by atoms with Crippen LogP contribution in [0, 0.1) is 12.7 Å². The predicted molar refractivity (Wildman–Crippen MR) is 71.3 cm³/mol. The van der Waals surface area contributed by atoms with E-state index in [-0.39, 0.29) is 17.4 Å². The molecule has 0 fully saturated rings. The first kappa shape index (κ1) is 12.7. The summed E-state index contributed by atoms with van der Waals surface area (Å²) in [6.07, 6.45) is 0. The third-order valence-electron chi connectivity index (χ3n) is 2.79. The van der Waals surface area contributed by atoms with Gasteiger partial charge < -0.3 is 10.5 Å². The average Bonchev–Trinajstić information content (AvgIpc) is 2.36. The highest BCUT2D eigenvalue weighted by atomic mass is 35.5. The Hall–Kier alpha value is -1.74. The van der Waals surface area contributed by atoms with Crippen molar-refractivity contribution in [2.45, 2.75) is 13.5 Å². The molecule has 4 heteroatoms. The van der Waals surface area contributed by atoms with Crippen LogP contribution in [0.3, 0.4) is 0 Å². The van der Waals surface area contributed by atoms with Crippen molar-refractivity contribution in [3.8, 4) is 5.75 Å². The molecule has 18 heavy (non-hydrogen) atoms. The number of nitrogen functional groups attached to an aromatic ring is 1. The molecular weight excluding hydrogens is 253 g/mol. The van der Waals surface area contributed by atoms with Crippen molar-refractivity contribution in [2.75, 3.05) is 5.73 Å². The molecular formula is C14H13ClFNO. The van der Waals surface area contributed by atoms with E-state index in [1.807, 2.05) is 25.1 Å². The van der Waals surface area contributed by atoms with Crippen LogP contribution < -0.4 is 10.5 Å². The summed E-state index contributed by atoms with van der Waals surface area (Å²) >= 11 is 5.68. The average molecular weight is 266 g/mol. The second kappa shape index (κ2) is 5.27. The standard InChI is InChI=1S/C14H13ClFNO/c1-9-10(4-2-6-12(9)17)8-18-13-7-3-5-11(15)14(13)16/h2-7H,8,17H2,1H3. The summed E-state index contributed by atoms with van der Waals surface area (Å²) in [5.74, 6) is -0.398. The molecule has 0 aliphatic rings. The van der Waals surface area contributed by atoms with Gasteiger partial charge in [-0.25, -0.2) is 4.39 Å². The Morgan fingerprint density at radius 3 is 2.72 bits per heavy atom. The van der Waals surface area contributed by atoms with Crippen molar-refractivity contribution in [3.05, 3.63) is 58.4 Å². The zero-order valence-electron chi connectivity index (χ0n) is 9.91. The molecule has 0 unspecified atom stereocenters. The Morgan fingerprint density at radius 2 is 1.94 bits per heavy atom. The van der Waals surface area contributed by atoms with Crippen LogP contribution in [0.15, 0.2) is 36.4 Å². The molecule has 0 saturated carbocycles. The van der Waals surface area contributed by atoms with Gasteiger partial charge in [0.1, 0.15) is 6.61 Å². The van der Waals surface area contributed by atoms with Crippen LogP contribution in [-0.4, -0.2) is 0 Å². The van der Waals surface area contributed by atoms with Gasteiger partial charge in [-0.05, 0) is 36.2 Å².